The van der Waals surface area contributed by atoms with Gasteiger partial charge in [-0.1, -0.05) is 102 Å². The maximum Gasteiger partial charge on any atom is 0.244 e. The Kier molecular flexibility index (Phi) is 14.0. The molecule has 0 atom stereocenters. The van der Waals surface area contributed by atoms with E-state index in [-0.39, 0.29) is 5.91 Å². The smallest absolute Gasteiger partial charge is 0.244 e. The van der Waals surface area contributed by atoms with Crippen LogP contribution in [0.15, 0.2) is 83.5 Å². The molecule has 3 aromatic rings. The van der Waals surface area contributed by atoms with Crippen LogP contribution in [0.5, 0.6) is 5.88 Å². The van der Waals surface area contributed by atoms with Crippen LogP contribution >= 0.6 is 0 Å². The van der Waals surface area contributed by atoms with Gasteiger partial charge in [0.05, 0.1) is 11.4 Å². The Hall–Kier alpha value is -3.93. The number of pyridine rings is 1. The summed E-state index contributed by atoms with van der Waals surface area (Å²) < 4.78 is 6.14. The number of nitrogens with one attached hydrogen (secondary N) is 1. The van der Waals surface area contributed by atoms with E-state index in [0.717, 1.165) is 42.5 Å². The zero-order valence-electron chi connectivity index (χ0n) is 26.8. The summed E-state index contributed by atoms with van der Waals surface area (Å²) in [5, 5.41) is 2.99. The number of rotatable bonds is 5. The molecule has 1 aliphatic heterocycles. The molecule has 1 amide bonds. The number of aliphatic imine (C=N–C) groups is 1. The first kappa shape index (κ1) is 34.3. The summed E-state index contributed by atoms with van der Waals surface area (Å²) in [5.41, 5.74) is 12.2. The summed E-state index contributed by atoms with van der Waals surface area (Å²) in [4.78, 5) is 21.5. The molecule has 5 rings (SSSR count). The van der Waals surface area contributed by atoms with Crippen LogP contribution in [0.25, 0.3) is 0 Å². The van der Waals surface area contributed by atoms with Gasteiger partial charge in [0.1, 0.15) is 11.3 Å². The van der Waals surface area contributed by atoms with Crippen molar-refractivity contribution in [3.8, 4) is 5.88 Å². The molecule has 2 aromatic carbocycles. The summed E-state index contributed by atoms with van der Waals surface area (Å²) in [5.74, 6) is 0.953. The fourth-order valence-electron chi connectivity index (χ4n) is 4.99. The normalized spacial score (nSPS) is 16.2. The predicted molar refractivity (Wildman–Crippen MR) is 178 cm³/mol. The van der Waals surface area contributed by atoms with Gasteiger partial charge in [0.2, 0.25) is 11.8 Å². The van der Waals surface area contributed by atoms with Crippen LogP contribution in [0, 0.1) is 0 Å². The number of carbonyl (C=O) groups is 1. The Balaban J connectivity index is 0.000000966. The molecule has 6 nitrogen and oxygen atoms in total. The van der Waals surface area contributed by atoms with E-state index in [1.54, 1.807) is 18.3 Å². The van der Waals surface area contributed by atoms with Crippen LogP contribution in [-0.4, -0.2) is 22.2 Å². The van der Waals surface area contributed by atoms with Gasteiger partial charge in [-0.2, -0.15) is 0 Å². The molecular weight excluding hydrogens is 520 g/mol. The van der Waals surface area contributed by atoms with Crippen LogP contribution in [0.3, 0.4) is 0 Å². The third-order valence-electron chi connectivity index (χ3n) is 7.00. The van der Waals surface area contributed by atoms with Gasteiger partial charge in [0, 0.05) is 24.4 Å². The van der Waals surface area contributed by atoms with E-state index in [1.807, 2.05) is 85.7 Å². The number of carbonyl (C=O) groups excluding carboxylic acids is 1. The maximum atomic E-state index is 12.4. The van der Waals surface area contributed by atoms with Gasteiger partial charge < -0.3 is 15.8 Å². The first-order valence-corrected chi connectivity index (χ1v) is 15.5. The zero-order chi connectivity index (χ0) is 31.1. The lowest BCUT2D eigenvalue weighted by Crippen LogP contribution is -2.41. The Morgan fingerprint density at radius 3 is 2.19 bits per heavy atom. The van der Waals surface area contributed by atoms with E-state index in [2.05, 4.69) is 34.6 Å². The molecule has 1 fully saturated rings. The van der Waals surface area contributed by atoms with Crippen LogP contribution in [0.4, 0.5) is 11.4 Å². The third-order valence-corrected chi connectivity index (χ3v) is 7.00. The highest BCUT2D eigenvalue weighted by Gasteiger charge is 2.34. The number of benzene rings is 2. The average molecular weight is 571 g/mol. The largest absolute Gasteiger partial charge is 0.463 e. The highest BCUT2D eigenvalue weighted by molar-refractivity contribution is 6.09. The Labute approximate surface area is 253 Å². The molecule has 6 heteroatoms. The predicted octanol–water partition coefficient (Wildman–Crippen LogP) is 8.93. The van der Waals surface area contributed by atoms with E-state index in [9.17, 15) is 4.79 Å². The van der Waals surface area contributed by atoms with Crippen molar-refractivity contribution in [2.24, 2.45) is 4.99 Å². The topological polar surface area (TPSA) is 89.6 Å². The summed E-state index contributed by atoms with van der Waals surface area (Å²) in [6.07, 6.45) is 7.42. The SMILES string of the molecule is CC.CC.CC.CC1(C)Oc2nccc(N)c2N=C1c1ccc(C2CCC(=CC(=O)NCc3ccccc3)CC2)cc1. The van der Waals surface area contributed by atoms with E-state index in [4.69, 9.17) is 15.5 Å². The summed E-state index contributed by atoms with van der Waals surface area (Å²) in [7, 11) is 0. The van der Waals surface area contributed by atoms with Crippen molar-refractivity contribution in [2.45, 2.75) is 99.1 Å². The van der Waals surface area contributed by atoms with Gasteiger partial charge in [-0.05, 0) is 62.6 Å². The first-order chi connectivity index (χ1) is 20.4. The Bertz CT molecular complexity index is 1300. The summed E-state index contributed by atoms with van der Waals surface area (Å²) >= 11 is 0. The molecule has 42 heavy (non-hydrogen) atoms. The standard InChI is InChI=1S/C30H32N4O2.3C2H6/c1-30(2)28(34-27-25(31)16-17-32-29(27)36-30)24-14-12-23(13-15-24)22-10-8-20(9-11-22)18-26(35)33-19-21-6-4-3-5-7-21;3*1-2/h3-7,12-18,22H,8-11,19H2,1-2H3,(H2,31,32)(H,33,35);3*1-2H3. The minimum atomic E-state index is -0.610. The van der Waals surface area contributed by atoms with Gasteiger partial charge in [-0.15, -0.1) is 0 Å². The van der Waals surface area contributed by atoms with Crippen molar-refractivity contribution in [3.63, 3.8) is 0 Å². The van der Waals surface area contributed by atoms with Gasteiger partial charge in [-0.25, -0.2) is 9.98 Å². The molecule has 1 saturated carbocycles. The number of hydrogen-bond donors (Lipinski definition) is 2. The molecule has 0 radical (unpaired) electrons. The van der Waals surface area contributed by atoms with Crippen molar-refractivity contribution >= 4 is 23.0 Å². The second-order valence-electron chi connectivity index (χ2n) is 10.0. The molecule has 3 N–H and O–H groups in total. The maximum absolute atomic E-state index is 12.4. The summed E-state index contributed by atoms with van der Waals surface area (Å²) in [6.45, 7) is 16.6. The Morgan fingerprint density at radius 2 is 1.57 bits per heavy atom. The minimum absolute atomic E-state index is 0.00726. The van der Waals surface area contributed by atoms with E-state index >= 15 is 0 Å². The fourth-order valence-corrected chi connectivity index (χ4v) is 4.99. The molecule has 1 aromatic heterocycles. The number of hydrogen-bond acceptors (Lipinski definition) is 5. The van der Waals surface area contributed by atoms with Crippen molar-refractivity contribution in [1.29, 1.82) is 0 Å². The van der Waals surface area contributed by atoms with Crippen molar-refractivity contribution < 1.29 is 9.53 Å². The second-order valence-corrected chi connectivity index (χ2v) is 10.0. The molecule has 0 saturated heterocycles. The first-order valence-electron chi connectivity index (χ1n) is 15.5. The number of fused-ring (bicyclic) bond motifs is 1. The third kappa shape index (κ3) is 9.04. The van der Waals surface area contributed by atoms with Crippen LogP contribution < -0.4 is 15.8 Å². The van der Waals surface area contributed by atoms with Gasteiger partial charge >= 0.3 is 0 Å². The molecule has 2 heterocycles. The molecule has 0 unspecified atom stereocenters. The van der Waals surface area contributed by atoms with Crippen molar-refractivity contribution in [3.05, 3.63) is 95.2 Å². The molecule has 0 spiro atoms. The van der Waals surface area contributed by atoms with Crippen LogP contribution in [0.1, 0.15) is 104 Å². The number of anilines is 1. The van der Waals surface area contributed by atoms with Gasteiger partial charge in [0.15, 0.2) is 0 Å². The number of allylic oxidation sites excluding steroid dienone is 1. The summed E-state index contributed by atoms with van der Waals surface area (Å²) in [6, 6.07) is 20.4. The number of nitrogens with zero attached hydrogens (tertiary/aromatic N) is 2. The lowest BCUT2D eigenvalue weighted by Gasteiger charge is -2.32. The van der Waals surface area contributed by atoms with Crippen molar-refractivity contribution in [1.82, 2.24) is 10.3 Å². The van der Waals surface area contributed by atoms with Gasteiger partial charge in [0.25, 0.3) is 0 Å². The highest BCUT2D eigenvalue weighted by atomic mass is 16.5. The zero-order valence-corrected chi connectivity index (χ0v) is 26.8. The number of nitrogens with two attached hydrogens (primary N) is 1. The lowest BCUT2D eigenvalue weighted by atomic mass is 9.81. The molecule has 226 valence electrons. The Morgan fingerprint density at radius 1 is 0.952 bits per heavy atom. The molecule has 0 bridgehead atoms. The van der Waals surface area contributed by atoms with E-state index in [1.165, 1.54) is 11.1 Å². The highest BCUT2D eigenvalue weighted by Crippen LogP contribution is 2.40. The fraction of sp³-hybridized carbons (Fsp3) is 0.417. The number of aromatic nitrogens is 1. The minimum Gasteiger partial charge on any atom is -0.463 e. The van der Waals surface area contributed by atoms with Crippen LogP contribution in [-0.2, 0) is 11.3 Å². The quantitative estimate of drug-likeness (QED) is 0.300. The van der Waals surface area contributed by atoms with Gasteiger partial charge in [-0.3, -0.25) is 4.79 Å². The molecule has 2 aliphatic rings. The van der Waals surface area contributed by atoms with E-state index in [0.29, 0.717) is 29.7 Å². The second kappa shape index (κ2) is 17.1. The number of ether oxygens (including phenoxy) is 1. The average Bonchev–Trinajstić information content (AvgIpc) is 3.03. The molecular formula is C36H50N4O2. The number of nitrogen functional groups attached to an aromatic ring is 1. The van der Waals surface area contributed by atoms with Crippen molar-refractivity contribution in [2.75, 3.05) is 5.73 Å². The van der Waals surface area contributed by atoms with Crippen LogP contribution in [0.2, 0.25) is 0 Å². The lowest BCUT2D eigenvalue weighted by molar-refractivity contribution is -0.116. The monoisotopic (exact) mass is 570 g/mol. The number of amides is 1. The van der Waals surface area contributed by atoms with E-state index < -0.39 is 5.60 Å². The molecule has 1 aliphatic carbocycles.